The fraction of sp³-hybridized carbons (Fsp3) is 0.750. The second-order valence-electron chi connectivity index (χ2n) is 4.66. The molecule has 0 unspecified atom stereocenters. The number of nitrogens with zero attached hydrogens (tertiary/aromatic N) is 2. The first-order chi connectivity index (χ1) is 8.69. The summed E-state index contributed by atoms with van der Waals surface area (Å²) >= 11 is 0. The van der Waals surface area contributed by atoms with Gasteiger partial charge in [0.1, 0.15) is 0 Å². The minimum Gasteiger partial charge on any atom is -0.383 e. The van der Waals surface area contributed by atoms with Crippen molar-refractivity contribution in [3.05, 3.63) is 11.9 Å². The topological polar surface area (TPSA) is 56.1 Å². The molecule has 1 aromatic heterocycles. The summed E-state index contributed by atoms with van der Waals surface area (Å²) in [6.45, 7) is 3.47. The van der Waals surface area contributed by atoms with E-state index in [1.54, 1.807) is 7.11 Å². The van der Waals surface area contributed by atoms with E-state index in [0.717, 1.165) is 42.5 Å². The third-order valence-electron chi connectivity index (χ3n) is 3.15. The average molecular weight is 271 g/mol. The smallest absolute Gasteiger partial charge is 0.203 e. The largest absolute Gasteiger partial charge is 0.383 e. The van der Waals surface area contributed by atoms with E-state index in [0.29, 0.717) is 12.6 Å². The van der Waals surface area contributed by atoms with Gasteiger partial charge in [-0.1, -0.05) is 0 Å². The summed E-state index contributed by atoms with van der Waals surface area (Å²) in [5.41, 5.74) is 1.01. The van der Waals surface area contributed by atoms with Crippen molar-refractivity contribution >= 4 is 16.7 Å². The zero-order valence-corrected chi connectivity index (χ0v) is 11.8. The van der Waals surface area contributed by atoms with Gasteiger partial charge in [0.05, 0.1) is 12.3 Å². The zero-order chi connectivity index (χ0) is 13.0. The van der Waals surface area contributed by atoms with Gasteiger partial charge < -0.3 is 14.6 Å². The highest BCUT2D eigenvalue weighted by Gasteiger charge is 2.19. The number of anilines is 1. The number of nitrogens with one attached hydrogen (secondary N) is 1. The van der Waals surface area contributed by atoms with Crippen LogP contribution in [0.1, 0.15) is 18.5 Å². The van der Waals surface area contributed by atoms with Gasteiger partial charge in [0.25, 0.3) is 0 Å². The van der Waals surface area contributed by atoms with Gasteiger partial charge in [0, 0.05) is 48.2 Å². The van der Waals surface area contributed by atoms with Crippen LogP contribution in [0.15, 0.2) is 6.20 Å². The van der Waals surface area contributed by atoms with E-state index in [1.165, 1.54) is 0 Å². The molecule has 1 saturated heterocycles. The Hall–Kier alpha value is -0.880. The van der Waals surface area contributed by atoms with Crippen molar-refractivity contribution in [1.29, 1.82) is 0 Å². The minimum atomic E-state index is -0.611. The molecule has 1 fully saturated rings. The van der Waals surface area contributed by atoms with Crippen LogP contribution in [-0.2, 0) is 22.1 Å². The molecule has 1 aromatic rings. The van der Waals surface area contributed by atoms with Crippen LogP contribution in [0.3, 0.4) is 0 Å². The molecule has 102 valence electrons. The SMILES string of the molecule is COCCn1cc(C)nc1NC1CCS(=O)CC1. The Labute approximate surface area is 110 Å². The molecule has 2 rings (SSSR count). The number of aromatic nitrogens is 2. The Morgan fingerprint density at radius 2 is 2.28 bits per heavy atom. The van der Waals surface area contributed by atoms with Gasteiger partial charge in [0.2, 0.25) is 5.95 Å². The lowest BCUT2D eigenvalue weighted by Crippen LogP contribution is -2.30. The molecule has 0 saturated carbocycles. The summed E-state index contributed by atoms with van der Waals surface area (Å²) in [6.07, 6.45) is 3.95. The Kier molecular flexibility index (Phi) is 4.77. The summed E-state index contributed by atoms with van der Waals surface area (Å²) in [7, 11) is 1.09. The lowest BCUT2D eigenvalue weighted by atomic mass is 10.2. The van der Waals surface area contributed by atoms with Crippen LogP contribution in [0.4, 0.5) is 5.95 Å². The lowest BCUT2D eigenvalue weighted by molar-refractivity contribution is 0.187. The quantitative estimate of drug-likeness (QED) is 0.873. The molecule has 0 aromatic carbocycles. The van der Waals surface area contributed by atoms with Crippen molar-refractivity contribution in [1.82, 2.24) is 9.55 Å². The van der Waals surface area contributed by atoms with E-state index in [4.69, 9.17) is 4.74 Å². The Bertz CT molecular complexity index is 409. The first-order valence-corrected chi connectivity index (χ1v) is 7.82. The third-order valence-corrected chi connectivity index (χ3v) is 4.54. The van der Waals surface area contributed by atoms with Gasteiger partial charge in [0.15, 0.2) is 0 Å². The molecule has 0 aliphatic carbocycles. The monoisotopic (exact) mass is 271 g/mol. The zero-order valence-electron chi connectivity index (χ0n) is 11.0. The van der Waals surface area contributed by atoms with Crippen molar-refractivity contribution in [2.45, 2.75) is 32.4 Å². The van der Waals surface area contributed by atoms with Crippen LogP contribution in [0.2, 0.25) is 0 Å². The third kappa shape index (κ3) is 3.55. The van der Waals surface area contributed by atoms with Gasteiger partial charge in [-0.2, -0.15) is 0 Å². The maximum absolute atomic E-state index is 11.3. The van der Waals surface area contributed by atoms with Crippen LogP contribution in [0, 0.1) is 6.92 Å². The summed E-state index contributed by atoms with van der Waals surface area (Å²) in [5, 5.41) is 3.46. The van der Waals surface area contributed by atoms with Crippen LogP contribution < -0.4 is 5.32 Å². The molecule has 0 amide bonds. The molecule has 0 radical (unpaired) electrons. The number of rotatable bonds is 5. The number of methoxy groups -OCH3 is 1. The van der Waals surface area contributed by atoms with Gasteiger partial charge >= 0.3 is 0 Å². The van der Waals surface area contributed by atoms with Crippen LogP contribution in [0.5, 0.6) is 0 Å². The number of imidazole rings is 1. The number of ether oxygens (including phenoxy) is 1. The van der Waals surface area contributed by atoms with Gasteiger partial charge in [-0.3, -0.25) is 4.21 Å². The molecule has 6 heteroatoms. The first kappa shape index (κ1) is 13.5. The van der Waals surface area contributed by atoms with E-state index < -0.39 is 10.8 Å². The van der Waals surface area contributed by atoms with Gasteiger partial charge in [-0.05, 0) is 19.8 Å². The van der Waals surface area contributed by atoms with E-state index in [2.05, 4.69) is 14.9 Å². The van der Waals surface area contributed by atoms with Crippen molar-refractivity contribution in [3.63, 3.8) is 0 Å². The summed E-state index contributed by atoms with van der Waals surface area (Å²) < 4.78 is 18.5. The maximum atomic E-state index is 11.3. The fourth-order valence-electron chi connectivity index (χ4n) is 2.14. The second-order valence-corrected chi connectivity index (χ2v) is 6.35. The van der Waals surface area contributed by atoms with Crippen molar-refractivity contribution in [3.8, 4) is 0 Å². The van der Waals surface area contributed by atoms with E-state index in [9.17, 15) is 4.21 Å². The molecular formula is C12H21N3O2S. The highest BCUT2D eigenvalue weighted by Crippen LogP contribution is 2.16. The van der Waals surface area contributed by atoms with Crippen LogP contribution in [-0.4, -0.2) is 45.0 Å². The molecular weight excluding hydrogens is 250 g/mol. The predicted octanol–water partition coefficient (Wildman–Crippen LogP) is 1.16. The van der Waals surface area contributed by atoms with Crippen molar-refractivity contribution < 1.29 is 8.95 Å². The van der Waals surface area contributed by atoms with E-state index >= 15 is 0 Å². The van der Waals surface area contributed by atoms with Crippen molar-refractivity contribution in [2.24, 2.45) is 0 Å². The molecule has 5 nitrogen and oxygen atoms in total. The normalized spacial score (nSPS) is 24.1. The Morgan fingerprint density at radius 1 is 1.56 bits per heavy atom. The minimum absolute atomic E-state index is 0.394. The lowest BCUT2D eigenvalue weighted by Gasteiger charge is -2.23. The molecule has 1 N–H and O–H groups in total. The molecule has 1 aliphatic heterocycles. The maximum Gasteiger partial charge on any atom is 0.203 e. The number of hydrogen-bond donors (Lipinski definition) is 1. The molecule has 0 bridgehead atoms. The van der Waals surface area contributed by atoms with Crippen molar-refractivity contribution in [2.75, 3.05) is 30.5 Å². The summed E-state index contributed by atoms with van der Waals surface area (Å²) in [6, 6.07) is 0.394. The Balaban J connectivity index is 1.97. The number of aryl methyl sites for hydroxylation is 1. The van der Waals surface area contributed by atoms with Gasteiger partial charge in [-0.25, -0.2) is 4.98 Å². The summed E-state index contributed by atoms with van der Waals surface area (Å²) in [4.78, 5) is 4.50. The van der Waals surface area contributed by atoms with E-state index in [-0.39, 0.29) is 0 Å². The number of hydrogen-bond acceptors (Lipinski definition) is 4. The molecule has 18 heavy (non-hydrogen) atoms. The second kappa shape index (κ2) is 6.33. The molecule has 2 heterocycles. The molecule has 1 aliphatic rings. The molecule has 0 atom stereocenters. The Morgan fingerprint density at radius 3 is 2.94 bits per heavy atom. The fourth-order valence-corrected chi connectivity index (χ4v) is 3.44. The standard InChI is InChI=1S/C12H21N3O2S/c1-10-9-15(5-6-17-2)12(13-10)14-11-3-7-18(16)8-4-11/h9,11H,3-8H2,1-2H3,(H,13,14). The highest BCUT2D eigenvalue weighted by molar-refractivity contribution is 7.85. The highest BCUT2D eigenvalue weighted by atomic mass is 32.2. The summed E-state index contributed by atoms with van der Waals surface area (Å²) in [5.74, 6) is 2.51. The first-order valence-electron chi connectivity index (χ1n) is 6.33. The average Bonchev–Trinajstić information content (AvgIpc) is 2.70. The van der Waals surface area contributed by atoms with E-state index in [1.807, 2.05) is 13.1 Å². The van der Waals surface area contributed by atoms with Crippen LogP contribution in [0.25, 0.3) is 0 Å². The van der Waals surface area contributed by atoms with Gasteiger partial charge in [-0.15, -0.1) is 0 Å². The molecule has 0 spiro atoms. The predicted molar refractivity (Wildman–Crippen MR) is 73.4 cm³/mol. The van der Waals surface area contributed by atoms with Crippen LogP contribution >= 0.6 is 0 Å².